The number of nitrogens with two attached hydrogens (primary N) is 1. The molecule has 6 nitrogen and oxygen atoms in total. The maximum atomic E-state index is 13.3. The number of benzene rings is 1. The molecule has 0 spiro atoms. The lowest BCUT2D eigenvalue weighted by molar-refractivity contribution is -0.115. The largest absolute Gasteiger partial charge is 0.385 e. The van der Waals surface area contributed by atoms with Crippen LogP contribution in [0.4, 0.5) is 0 Å². The Kier molecular flexibility index (Phi) is 6.54. The van der Waals surface area contributed by atoms with E-state index in [0.29, 0.717) is 40.0 Å². The van der Waals surface area contributed by atoms with Crippen LogP contribution in [0.2, 0.25) is 5.02 Å². The van der Waals surface area contributed by atoms with Crippen molar-refractivity contribution in [2.24, 2.45) is 5.73 Å². The molecule has 1 aromatic carbocycles. The Bertz CT molecular complexity index is 1030. The van der Waals surface area contributed by atoms with Crippen LogP contribution in [0, 0.1) is 0 Å². The molecular formula is C18H18ClN3O3S2. The molecule has 0 saturated heterocycles. The first kappa shape index (κ1) is 19.9. The first-order valence-electron chi connectivity index (χ1n) is 8.20. The Morgan fingerprint density at radius 2 is 2.15 bits per heavy atom. The van der Waals surface area contributed by atoms with Gasteiger partial charge in [0.15, 0.2) is 5.16 Å². The third-order valence-corrected chi connectivity index (χ3v) is 6.10. The lowest BCUT2D eigenvalue weighted by Crippen LogP contribution is -2.24. The molecule has 0 atom stereocenters. The number of hydrogen-bond acceptors (Lipinski definition) is 6. The summed E-state index contributed by atoms with van der Waals surface area (Å²) in [5.41, 5.74) is 6.66. The van der Waals surface area contributed by atoms with Crippen LogP contribution in [0.1, 0.15) is 6.42 Å². The second kappa shape index (κ2) is 8.88. The Hall–Kier alpha value is -1.87. The molecule has 0 bridgehead atoms. The van der Waals surface area contributed by atoms with E-state index in [-0.39, 0.29) is 11.3 Å². The molecule has 0 saturated carbocycles. The number of rotatable bonds is 8. The van der Waals surface area contributed by atoms with Crippen LogP contribution in [0.5, 0.6) is 0 Å². The molecule has 0 fully saturated rings. The lowest BCUT2D eigenvalue weighted by Gasteiger charge is -2.12. The fourth-order valence-electron chi connectivity index (χ4n) is 2.69. The molecule has 1 amide bonds. The van der Waals surface area contributed by atoms with Gasteiger partial charge in [-0.15, -0.1) is 11.3 Å². The van der Waals surface area contributed by atoms with E-state index in [9.17, 15) is 9.59 Å². The number of methoxy groups -OCH3 is 1. The van der Waals surface area contributed by atoms with Crippen molar-refractivity contribution >= 4 is 50.8 Å². The zero-order valence-corrected chi connectivity index (χ0v) is 17.0. The van der Waals surface area contributed by atoms with E-state index in [1.165, 1.54) is 23.1 Å². The molecule has 142 valence electrons. The van der Waals surface area contributed by atoms with Gasteiger partial charge in [-0.3, -0.25) is 14.2 Å². The fraction of sp³-hybridized carbons (Fsp3) is 0.278. The van der Waals surface area contributed by atoms with Gasteiger partial charge in [0.2, 0.25) is 5.91 Å². The van der Waals surface area contributed by atoms with Gasteiger partial charge in [-0.2, -0.15) is 0 Å². The predicted octanol–water partition coefficient (Wildman–Crippen LogP) is 3.39. The maximum absolute atomic E-state index is 13.3. The average Bonchev–Trinajstić information content (AvgIpc) is 3.06. The van der Waals surface area contributed by atoms with E-state index >= 15 is 0 Å². The van der Waals surface area contributed by atoms with E-state index in [2.05, 4.69) is 4.98 Å². The van der Waals surface area contributed by atoms with Gasteiger partial charge in [0.1, 0.15) is 4.83 Å². The minimum absolute atomic E-state index is 0.0605. The average molecular weight is 424 g/mol. The Morgan fingerprint density at radius 3 is 2.85 bits per heavy atom. The number of hydrogen-bond donors (Lipinski definition) is 1. The summed E-state index contributed by atoms with van der Waals surface area (Å²) in [6.07, 6.45) is 0.652. The SMILES string of the molecule is COCCCn1c(SCC(N)=O)nc2scc(-c3ccccc3Cl)c2c1=O. The molecule has 2 heterocycles. The number of amides is 1. The number of fused-ring (bicyclic) bond motifs is 1. The molecule has 0 aliphatic heterocycles. The third kappa shape index (κ3) is 4.35. The molecule has 2 aromatic heterocycles. The van der Waals surface area contributed by atoms with Crippen molar-refractivity contribution in [1.82, 2.24) is 9.55 Å². The molecule has 9 heteroatoms. The number of carbonyl (C=O) groups excluding carboxylic acids is 1. The Balaban J connectivity index is 2.15. The van der Waals surface area contributed by atoms with Crippen LogP contribution in [-0.2, 0) is 16.1 Å². The molecule has 0 aliphatic carbocycles. The Morgan fingerprint density at radius 1 is 1.37 bits per heavy atom. The third-order valence-electron chi connectivity index (χ3n) is 3.90. The second-order valence-corrected chi connectivity index (χ2v) is 7.97. The summed E-state index contributed by atoms with van der Waals surface area (Å²) < 4.78 is 6.68. The summed E-state index contributed by atoms with van der Waals surface area (Å²) in [5, 5.41) is 3.49. The summed E-state index contributed by atoms with van der Waals surface area (Å²) >= 11 is 8.88. The summed E-state index contributed by atoms with van der Waals surface area (Å²) in [6.45, 7) is 0.958. The quantitative estimate of drug-likeness (QED) is 0.341. The summed E-state index contributed by atoms with van der Waals surface area (Å²) in [6, 6.07) is 7.41. The standard InChI is InChI=1S/C18H18ClN3O3S2/c1-25-8-4-7-22-17(24)15-12(11-5-2-3-6-13(11)19)9-26-16(15)21-18(22)27-10-14(20)23/h2-3,5-6,9H,4,7-8,10H2,1H3,(H2,20,23). The smallest absolute Gasteiger partial charge is 0.263 e. The van der Waals surface area contributed by atoms with Crippen molar-refractivity contribution in [2.45, 2.75) is 18.1 Å². The number of carbonyl (C=O) groups is 1. The summed E-state index contributed by atoms with van der Waals surface area (Å²) in [4.78, 5) is 29.7. The molecule has 3 aromatic rings. The number of thiophene rings is 1. The van der Waals surface area contributed by atoms with E-state index in [4.69, 9.17) is 22.1 Å². The predicted molar refractivity (Wildman–Crippen MR) is 111 cm³/mol. The van der Waals surface area contributed by atoms with Gasteiger partial charge in [0.05, 0.1) is 11.1 Å². The number of primary amides is 1. The highest BCUT2D eigenvalue weighted by atomic mass is 35.5. The minimum Gasteiger partial charge on any atom is -0.385 e. The number of thioether (sulfide) groups is 1. The lowest BCUT2D eigenvalue weighted by atomic mass is 10.1. The number of nitrogens with zero attached hydrogens (tertiary/aromatic N) is 2. The number of aromatic nitrogens is 2. The molecular weight excluding hydrogens is 406 g/mol. The summed E-state index contributed by atoms with van der Waals surface area (Å²) in [7, 11) is 1.61. The number of halogens is 1. The molecule has 0 aliphatic rings. The maximum Gasteiger partial charge on any atom is 0.263 e. The number of ether oxygens (including phenoxy) is 1. The zero-order valence-electron chi connectivity index (χ0n) is 14.6. The van der Waals surface area contributed by atoms with Crippen molar-refractivity contribution in [3.8, 4) is 11.1 Å². The van der Waals surface area contributed by atoms with Gasteiger partial charge in [0.25, 0.3) is 5.56 Å². The summed E-state index contributed by atoms with van der Waals surface area (Å²) in [5.74, 6) is -0.397. The molecule has 27 heavy (non-hydrogen) atoms. The van der Waals surface area contributed by atoms with Crippen LogP contribution in [0.25, 0.3) is 21.3 Å². The van der Waals surface area contributed by atoms with Gasteiger partial charge >= 0.3 is 0 Å². The van der Waals surface area contributed by atoms with Gasteiger partial charge in [-0.25, -0.2) is 4.98 Å². The normalized spacial score (nSPS) is 11.2. The van der Waals surface area contributed by atoms with Crippen molar-refractivity contribution in [1.29, 1.82) is 0 Å². The van der Waals surface area contributed by atoms with Crippen molar-refractivity contribution in [3.05, 3.63) is 45.0 Å². The van der Waals surface area contributed by atoms with Crippen molar-refractivity contribution in [2.75, 3.05) is 19.5 Å². The minimum atomic E-state index is -0.458. The van der Waals surface area contributed by atoms with E-state index in [1.807, 2.05) is 23.6 Å². The molecule has 2 N–H and O–H groups in total. The molecule has 0 radical (unpaired) electrons. The van der Waals surface area contributed by atoms with Crippen LogP contribution >= 0.6 is 34.7 Å². The molecule has 3 rings (SSSR count). The van der Waals surface area contributed by atoms with Crippen LogP contribution in [0.15, 0.2) is 39.6 Å². The highest BCUT2D eigenvalue weighted by Gasteiger charge is 2.18. The van der Waals surface area contributed by atoms with E-state index < -0.39 is 5.91 Å². The molecule has 0 unspecified atom stereocenters. The first-order chi connectivity index (χ1) is 13.0. The Labute approximate surface area is 169 Å². The first-order valence-corrected chi connectivity index (χ1v) is 10.4. The zero-order chi connectivity index (χ0) is 19.4. The second-order valence-electron chi connectivity index (χ2n) is 5.76. The fourth-order valence-corrected chi connectivity index (χ4v) is 4.67. The van der Waals surface area contributed by atoms with Crippen LogP contribution in [-0.4, -0.2) is 34.9 Å². The van der Waals surface area contributed by atoms with E-state index in [1.54, 1.807) is 17.7 Å². The van der Waals surface area contributed by atoms with Gasteiger partial charge in [-0.1, -0.05) is 41.6 Å². The van der Waals surface area contributed by atoms with Crippen LogP contribution in [0.3, 0.4) is 0 Å². The van der Waals surface area contributed by atoms with Crippen LogP contribution < -0.4 is 11.3 Å². The topological polar surface area (TPSA) is 87.2 Å². The van der Waals surface area contributed by atoms with Gasteiger partial charge < -0.3 is 10.5 Å². The van der Waals surface area contributed by atoms with Crippen molar-refractivity contribution in [3.63, 3.8) is 0 Å². The van der Waals surface area contributed by atoms with Gasteiger partial charge in [0, 0.05) is 41.8 Å². The van der Waals surface area contributed by atoms with Crippen molar-refractivity contribution < 1.29 is 9.53 Å². The highest BCUT2D eigenvalue weighted by molar-refractivity contribution is 7.99. The van der Waals surface area contributed by atoms with E-state index in [0.717, 1.165) is 11.1 Å². The highest BCUT2D eigenvalue weighted by Crippen LogP contribution is 2.35. The van der Waals surface area contributed by atoms with Gasteiger partial charge in [-0.05, 0) is 12.5 Å². The monoisotopic (exact) mass is 423 g/mol.